The number of carboxylic acid groups (broad SMARTS) is 1. The zero-order valence-corrected chi connectivity index (χ0v) is 13.9. The highest BCUT2D eigenvalue weighted by Gasteiger charge is 2.58. The highest BCUT2D eigenvalue weighted by Crippen LogP contribution is 2.49. The van der Waals surface area contributed by atoms with Gasteiger partial charge in [-0.15, -0.1) is 0 Å². The van der Waals surface area contributed by atoms with Crippen LogP contribution in [0, 0.1) is 5.92 Å². The minimum absolute atomic E-state index is 0.218. The number of hydrogen-bond acceptors (Lipinski definition) is 2. The number of amides is 1. The summed E-state index contributed by atoms with van der Waals surface area (Å²) in [5.41, 5.74) is 1.56. The molecule has 2 aromatic rings. The van der Waals surface area contributed by atoms with E-state index in [1.165, 1.54) is 4.90 Å². The molecule has 24 heavy (non-hydrogen) atoms. The zero-order chi connectivity index (χ0) is 17.1. The van der Waals surface area contributed by atoms with Crippen molar-refractivity contribution in [3.63, 3.8) is 0 Å². The molecule has 1 aliphatic heterocycles. The van der Waals surface area contributed by atoms with Crippen molar-refractivity contribution in [2.45, 2.75) is 25.4 Å². The molecule has 1 unspecified atom stereocenters. The van der Waals surface area contributed by atoms with E-state index in [-0.39, 0.29) is 18.4 Å². The van der Waals surface area contributed by atoms with Gasteiger partial charge in [-0.25, -0.2) is 4.79 Å². The van der Waals surface area contributed by atoms with Gasteiger partial charge in [0.05, 0.1) is 10.6 Å². The Morgan fingerprint density at radius 3 is 2.62 bits per heavy atom. The maximum Gasteiger partial charge on any atom is 0.334 e. The lowest BCUT2D eigenvalue weighted by Gasteiger charge is -2.39. The smallest absolute Gasteiger partial charge is 0.334 e. The quantitative estimate of drug-likeness (QED) is 0.910. The molecule has 0 spiro atoms. The number of halogens is 1. The molecule has 1 aliphatic carbocycles. The minimum atomic E-state index is -1.35. The molecule has 2 aliphatic rings. The Morgan fingerprint density at radius 2 is 1.92 bits per heavy atom. The van der Waals surface area contributed by atoms with E-state index in [1.54, 1.807) is 12.1 Å². The van der Waals surface area contributed by atoms with E-state index in [0.717, 1.165) is 11.1 Å². The topological polar surface area (TPSA) is 57.6 Å². The highest BCUT2D eigenvalue weighted by molar-refractivity contribution is 6.34. The number of carbonyl (C=O) groups is 2. The van der Waals surface area contributed by atoms with Gasteiger partial charge in [-0.05, 0) is 35.1 Å². The van der Waals surface area contributed by atoms with Crippen molar-refractivity contribution in [2.75, 3.05) is 0 Å². The average Bonchev–Trinajstić information content (AvgIpc) is 3.03. The minimum Gasteiger partial charge on any atom is -0.479 e. The van der Waals surface area contributed by atoms with Crippen LogP contribution in [0.2, 0.25) is 5.02 Å². The van der Waals surface area contributed by atoms with E-state index in [9.17, 15) is 14.7 Å². The van der Waals surface area contributed by atoms with Gasteiger partial charge in [-0.3, -0.25) is 4.79 Å². The van der Waals surface area contributed by atoms with Gasteiger partial charge in [0.25, 0.3) is 5.91 Å². The summed E-state index contributed by atoms with van der Waals surface area (Å²) in [6.07, 6.45) is 0.635. The molecular weight excluding hydrogens is 326 g/mol. The Hall–Kier alpha value is -2.33. The van der Waals surface area contributed by atoms with Crippen LogP contribution in [0.15, 0.2) is 42.5 Å². The summed E-state index contributed by atoms with van der Waals surface area (Å²) in [6.45, 7) is 2.16. The molecule has 1 N–H and O–H groups in total. The summed E-state index contributed by atoms with van der Waals surface area (Å²) in [5, 5.41) is 10.6. The fourth-order valence-corrected chi connectivity index (χ4v) is 4.54. The molecule has 0 aromatic heterocycles. The molecule has 0 fully saturated rings. The summed E-state index contributed by atoms with van der Waals surface area (Å²) < 4.78 is 0. The van der Waals surface area contributed by atoms with Gasteiger partial charge in [0.15, 0.2) is 5.54 Å². The molecule has 1 heterocycles. The van der Waals surface area contributed by atoms with Crippen molar-refractivity contribution in [3.8, 4) is 0 Å². The Bertz CT molecular complexity index is 879. The van der Waals surface area contributed by atoms with Crippen molar-refractivity contribution < 1.29 is 14.7 Å². The van der Waals surface area contributed by atoms with Crippen LogP contribution < -0.4 is 0 Å². The molecule has 2 atom stereocenters. The lowest BCUT2D eigenvalue weighted by atomic mass is 9.82. The van der Waals surface area contributed by atoms with Crippen LogP contribution in [0.25, 0.3) is 0 Å². The van der Waals surface area contributed by atoms with Gasteiger partial charge in [0, 0.05) is 6.54 Å². The predicted octanol–water partition coefficient (Wildman–Crippen LogP) is 3.47. The SMILES string of the molecule is CC1Cc2ccccc2[C@]1(C(=O)O)N1Cc2cccc(Cl)c2C1=O. The first-order chi connectivity index (χ1) is 11.5. The van der Waals surface area contributed by atoms with Crippen molar-refractivity contribution in [1.82, 2.24) is 4.90 Å². The largest absolute Gasteiger partial charge is 0.479 e. The summed E-state index contributed by atoms with van der Waals surface area (Å²) in [6, 6.07) is 12.8. The molecule has 4 nitrogen and oxygen atoms in total. The number of hydrogen-bond donors (Lipinski definition) is 1. The molecule has 1 amide bonds. The number of aliphatic carboxylic acids is 1. The number of nitrogens with zero attached hydrogens (tertiary/aromatic N) is 1. The van der Waals surface area contributed by atoms with Crippen LogP contribution >= 0.6 is 11.6 Å². The summed E-state index contributed by atoms with van der Waals surface area (Å²) >= 11 is 6.20. The maximum atomic E-state index is 13.0. The third-order valence-corrected chi connectivity index (χ3v) is 5.62. The van der Waals surface area contributed by atoms with Crippen LogP contribution in [0.1, 0.15) is 34.0 Å². The van der Waals surface area contributed by atoms with Crippen molar-refractivity contribution in [1.29, 1.82) is 0 Å². The van der Waals surface area contributed by atoms with Crippen LogP contribution in [0.5, 0.6) is 0 Å². The maximum absolute atomic E-state index is 13.0. The Balaban J connectivity index is 1.92. The van der Waals surface area contributed by atoms with Gasteiger partial charge in [0.2, 0.25) is 0 Å². The number of fused-ring (bicyclic) bond motifs is 2. The average molecular weight is 342 g/mol. The summed E-state index contributed by atoms with van der Waals surface area (Å²) in [5.74, 6) is -1.51. The molecule has 2 aromatic carbocycles. The number of carbonyl (C=O) groups excluding carboxylic acids is 1. The summed E-state index contributed by atoms with van der Waals surface area (Å²) in [4.78, 5) is 27.0. The van der Waals surface area contributed by atoms with Gasteiger partial charge in [-0.2, -0.15) is 0 Å². The van der Waals surface area contributed by atoms with Crippen molar-refractivity contribution in [2.24, 2.45) is 5.92 Å². The second-order valence-electron chi connectivity index (χ2n) is 6.50. The Kier molecular flexibility index (Phi) is 3.22. The van der Waals surface area contributed by atoms with Gasteiger partial charge in [-0.1, -0.05) is 54.9 Å². The fourth-order valence-electron chi connectivity index (χ4n) is 4.27. The van der Waals surface area contributed by atoms with Crippen molar-refractivity contribution >= 4 is 23.5 Å². The fraction of sp³-hybridized carbons (Fsp3) is 0.263. The lowest BCUT2D eigenvalue weighted by Crippen LogP contribution is -2.54. The Morgan fingerprint density at radius 1 is 1.21 bits per heavy atom. The van der Waals surface area contributed by atoms with Gasteiger partial charge in [0.1, 0.15) is 0 Å². The molecule has 122 valence electrons. The molecule has 5 heteroatoms. The second kappa shape index (κ2) is 5.08. The number of rotatable bonds is 2. The third-order valence-electron chi connectivity index (χ3n) is 5.31. The zero-order valence-electron chi connectivity index (χ0n) is 13.1. The third kappa shape index (κ3) is 1.75. The molecule has 0 radical (unpaired) electrons. The van der Waals surface area contributed by atoms with Crippen LogP contribution in [0.3, 0.4) is 0 Å². The standard InChI is InChI=1S/C19H16ClNO3/c1-11-9-12-5-2-3-7-14(12)19(11,18(23)24)21-10-13-6-4-8-15(20)16(13)17(21)22/h2-8,11H,9-10H2,1H3,(H,23,24)/t11?,19-/m1/s1. The molecule has 0 bridgehead atoms. The number of benzene rings is 2. The first kappa shape index (κ1) is 15.2. The van der Waals surface area contributed by atoms with Gasteiger partial charge >= 0.3 is 5.97 Å². The van der Waals surface area contributed by atoms with E-state index in [1.807, 2.05) is 37.3 Å². The normalized spacial score (nSPS) is 24.8. The van der Waals surface area contributed by atoms with E-state index in [2.05, 4.69) is 0 Å². The van der Waals surface area contributed by atoms with Crippen LogP contribution in [-0.4, -0.2) is 21.9 Å². The highest BCUT2D eigenvalue weighted by atomic mass is 35.5. The second-order valence-corrected chi connectivity index (χ2v) is 6.91. The lowest BCUT2D eigenvalue weighted by molar-refractivity contribution is -0.153. The monoisotopic (exact) mass is 341 g/mol. The van der Waals surface area contributed by atoms with E-state index >= 15 is 0 Å². The Labute approximate surface area is 144 Å². The van der Waals surface area contributed by atoms with Crippen LogP contribution in [-0.2, 0) is 23.3 Å². The van der Waals surface area contributed by atoms with E-state index < -0.39 is 11.5 Å². The molecular formula is C19H16ClNO3. The van der Waals surface area contributed by atoms with Crippen molar-refractivity contribution in [3.05, 3.63) is 69.7 Å². The first-order valence-electron chi connectivity index (χ1n) is 7.89. The van der Waals surface area contributed by atoms with E-state index in [4.69, 9.17) is 11.6 Å². The predicted molar refractivity (Wildman–Crippen MR) is 89.9 cm³/mol. The molecule has 4 rings (SSSR count). The summed E-state index contributed by atoms with van der Waals surface area (Å²) in [7, 11) is 0. The van der Waals surface area contributed by atoms with Crippen LogP contribution in [0.4, 0.5) is 0 Å². The first-order valence-corrected chi connectivity index (χ1v) is 8.26. The van der Waals surface area contributed by atoms with Gasteiger partial charge < -0.3 is 10.0 Å². The molecule has 0 saturated heterocycles. The molecule has 0 saturated carbocycles. The van der Waals surface area contributed by atoms with E-state index in [0.29, 0.717) is 22.6 Å². The number of carboxylic acids is 1.